The van der Waals surface area contributed by atoms with E-state index in [-0.39, 0.29) is 38.0 Å². The minimum atomic E-state index is -0.301. The van der Waals surface area contributed by atoms with Crippen LogP contribution in [0, 0.1) is 0 Å². The van der Waals surface area contributed by atoms with Crippen molar-refractivity contribution in [2.75, 3.05) is 37.4 Å². The first-order valence-electron chi connectivity index (χ1n) is 6.69. The number of hydrogen-bond donors (Lipinski definition) is 4. The molecule has 1 saturated carbocycles. The molecule has 0 aliphatic heterocycles. The molecule has 8 heteroatoms. The quantitative estimate of drug-likeness (QED) is 0.569. The second kappa shape index (κ2) is 6.87. The molecule has 1 aromatic rings. The standard InChI is InChI=1S/C12H20N4O3S/c13-10-9(11(19)16(4-6-17)5-7-18)20-12(15-10)14-8-2-1-3-8/h8,17-18H,1-7,13H2,(H,14,15). The third-order valence-electron chi connectivity index (χ3n) is 3.31. The summed E-state index contributed by atoms with van der Waals surface area (Å²) in [6.07, 6.45) is 3.44. The largest absolute Gasteiger partial charge is 0.395 e. The maximum Gasteiger partial charge on any atom is 0.268 e. The van der Waals surface area contributed by atoms with Crippen LogP contribution in [0.5, 0.6) is 0 Å². The topological polar surface area (TPSA) is 112 Å². The molecule has 0 unspecified atom stereocenters. The fourth-order valence-electron chi connectivity index (χ4n) is 1.97. The number of rotatable bonds is 7. The van der Waals surface area contributed by atoms with E-state index >= 15 is 0 Å². The van der Waals surface area contributed by atoms with Gasteiger partial charge in [-0.15, -0.1) is 0 Å². The fourth-order valence-corrected chi connectivity index (χ4v) is 2.90. The summed E-state index contributed by atoms with van der Waals surface area (Å²) in [5.41, 5.74) is 5.79. The van der Waals surface area contributed by atoms with Crippen molar-refractivity contribution in [2.24, 2.45) is 0 Å². The molecule has 0 radical (unpaired) electrons. The number of nitrogen functional groups attached to an aromatic ring is 1. The van der Waals surface area contributed by atoms with E-state index in [1.54, 1.807) is 0 Å². The highest BCUT2D eigenvalue weighted by Gasteiger charge is 2.24. The summed E-state index contributed by atoms with van der Waals surface area (Å²) in [5.74, 6) is -0.104. The molecule has 112 valence electrons. The summed E-state index contributed by atoms with van der Waals surface area (Å²) in [7, 11) is 0. The molecule has 1 heterocycles. The number of aliphatic hydroxyl groups excluding tert-OH is 2. The van der Waals surface area contributed by atoms with Gasteiger partial charge in [-0.1, -0.05) is 11.3 Å². The van der Waals surface area contributed by atoms with Gasteiger partial charge in [-0.3, -0.25) is 4.79 Å². The molecule has 1 aliphatic carbocycles. The van der Waals surface area contributed by atoms with Crippen LogP contribution in [0.2, 0.25) is 0 Å². The maximum atomic E-state index is 12.3. The molecule has 0 saturated heterocycles. The number of anilines is 2. The Morgan fingerprint density at radius 2 is 2.05 bits per heavy atom. The zero-order valence-electron chi connectivity index (χ0n) is 11.2. The summed E-state index contributed by atoms with van der Waals surface area (Å²) in [4.78, 5) is 18.2. The Kier molecular flexibility index (Phi) is 5.16. The lowest BCUT2D eigenvalue weighted by molar-refractivity contribution is 0.0690. The van der Waals surface area contributed by atoms with Crippen molar-refractivity contribution < 1.29 is 15.0 Å². The number of nitrogens with zero attached hydrogens (tertiary/aromatic N) is 2. The van der Waals surface area contributed by atoms with Crippen LogP contribution in [0.1, 0.15) is 28.9 Å². The van der Waals surface area contributed by atoms with Gasteiger partial charge in [0.05, 0.1) is 13.2 Å². The van der Waals surface area contributed by atoms with Crippen molar-refractivity contribution in [2.45, 2.75) is 25.3 Å². The van der Waals surface area contributed by atoms with Gasteiger partial charge in [-0.25, -0.2) is 4.98 Å². The molecular formula is C12H20N4O3S. The summed E-state index contributed by atoms with van der Waals surface area (Å²) < 4.78 is 0. The molecule has 0 bridgehead atoms. The predicted octanol–water partition coefficient (Wildman–Crippen LogP) is 0.117. The zero-order chi connectivity index (χ0) is 14.5. The smallest absolute Gasteiger partial charge is 0.268 e. The first kappa shape index (κ1) is 15.0. The second-order valence-corrected chi connectivity index (χ2v) is 5.74. The number of amides is 1. The molecule has 2 rings (SSSR count). The molecule has 20 heavy (non-hydrogen) atoms. The molecule has 0 atom stereocenters. The maximum absolute atomic E-state index is 12.3. The van der Waals surface area contributed by atoms with Crippen molar-refractivity contribution in [3.05, 3.63) is 4.88 Å². The normalized spacial score (nSPS) is 14.9. The van der Waals surface area contributed by atoms with Crippen molar-refractivity contribution in [3.8, 4) is 0 Å². The number of thiazole rings is 1. The third kappa shape index (κ3) is 3.38. The van der Waals surface area contributed by atoms with Crippen molar-refractivity contribution in [1.29, 1.82) is 0 Å². The molecular weight excluding hydrogens is 280 g/mol. The van der Waals surface area contributed by atoms with Crippen LogP contribution in [0.25, 0.3) is 0 Å². The van der Waals surface area contributed by atoms with Crippen LogP contribution in [0.3, 0.4) is 0 Å². The Morgan fingerprint density at radius 1 is 1.40 bits per heavy atom. The SMILES string of the molecule is Nc1nc(NC2CCC2)sc1C(=O)N(CCO)CCO. The van der Waals surface area contributed by atoms with E-state index in [0.717, 1.165) is 12.8 Å². The summed E-state index contributed by atoms with van der Waals surface area (Å²) in [6, 6.07) is 0.425. The van der Waals surface area contributed by atoms with Crippen LogP contribution in [-0.4, -0.2) is 58.3 Å². The number of carbonyl (C=O) groups excluding carboxylic acids is 1. The second-order valence-electron chi connectivity index (χ2n) is 4.74. The molecule has 1 aliphatic rings. The molecule has 7 nitrogen and oxygen atoms in total. The fraction of sp³-hybridized carbons (Fsp3) is 0.667. The molecule has 1 fully saturated rings. The van der Waals surface area contributed by atoms with Gasteiger partial charge >= 0.3 is 0 Å². The van der Waals surface area contributed by atoms with E-state index in [2.05, 4.69) is 10.3 Å². The van der Waals surface area contributed by atoms with Gasteiger partial charge in [0.2, 0.25) is 0 Å². The van der Waals surface area contributed by atoms with E-state index in [0.29, 0.717) is 16.1 Å². The first-order chi connectivity index (χ1) is 9.65. The van der Waals surface area contributed by atoms with Crippen molar-refractivity contribution in [1.82, 2.24) is 9.88 Å². The predicted molar refractivity (Wildman–Crippen MR) is 77.9 cm³/mol. The Morgan fingerprint density at radius 3 is 2.55 bits per heavy atom. The highest BCUT2D eigenvalue weighted by atomic mass is 32.1. The number of nitrogens with two attached hydrogens (primary N) is 1. The van der Waals surface area contributed by atoms with Gasteiger partial charge in [0, 0.05) is 19.1 Å². The molecule has 0 aromatic carbocycles. The molecule has 1 amide bonds. The van der Waals surface area contributed by atoms with Gasteiger partial charge in [-0.2, -0.15) is 0 Å². The summed E-state index contributed by atoms with van der Waals surface area (Å²) in [6.45, 7) is 0.0273. The van der Waals surface area contributed by atoms with Gasteiger partial charge in [0.1, 0.15) is 10.7 Å². The zero-order valence-corrected chi connectivity index (χ0v) is 12.0. The van der Waals surface area contributed by atoms with Crippen LogP contribution < -0.4 is 11.1 Å². The first-order valence-corrected chi connectivity index (χ1v) is 7.51. The summed E-state index contributed by atoms with van der Waals surface area (Å²) in [5, 5.41) is 21.8. The van der Waals surface area contributed by atoms with E-state index in [4.69, 9.17) is 15.9 Å². The van der Waals surface area contributed by atoms with Crippen LogP contribution >= 0.6 is 11.3 Å². The van der Waals surface area contributed by atoms with E-state index in [1.165, 1.54) is 22.7 Å². The summed E-state index contributed by atoms with van der Waals surface area (Å²) >= 11 is 1.22. The number of hydrogen-bond acceptors (Lipinski definition) is 7. The number of aromatic nitrogens is 1. The lowest BCUT2D eigenvalue weighted by Crippen LogP contribution is -2.35. The lowest BCUT2D eigenvalue weighted by Gasteiger charge is -2.25. The average Bonchev–Trinajstić information content (AvgIpc) is 2.74. The number of nitrogens with one attached hydrogen (secondary N) is 1. The van der Waals surface area contributed by atoms with Crippen LogP contribution in [0.15, 0.2) is 0 Å². The number of carbonyl (C=O) groups is 1. The molecule has 0 spiro atoms. The Hall–Kier alpha value is -1.38. The van der Waals surface area contributed by atoms with E-state index in [1.807, 2.05) is 0 Å². The average molecular weight is 300 g/mol. The van der Waals surface area contributed by atoms with Crippen molar-refractivity contribution >= 4 is 28.2 Å². The van der Waals surface area contributed by atoms with Crippen molar-refractivity contribution in [3.63, 3.8) is 0 Å². The lowest BCUT2D eigenvalue weighted by atomic mass is 9.93. The van der Waals surface area contributed by atoms with Gasteiger partial charge in [-0.05, 0) is 19.3 Å². The number of aliphatic hydroxyl groups is 2. The highest BCUT2D eigenvalue weighted by molar-refractivity contribution is 7.18. The van der Waals surface area contributed by atoms with Gasteiger partial charge in [0.15, 0.2) is 5.13 Å². The molecule has 5 N–H and O–H groups in total. The van der Waals surface area contributed by atoms with E-state index < -0.39 is 0 Å². The van der Waals surface area contributed by atoms with Crippen LogP contribution in [-0.2, 0) is 0 Å². The Bertz CT molecular complexity index is 456. The van der Waals surface area contributed by atoms with Gasteiger partial charge in [0.25, 0.3) is 5.91 Å². The third-order valence-corrected chi connectivity index (χ3v) is 4.30. The van der Waals surface area contributed by atoms with Crippen LogP contribution in [0.4, 0.5) is 10.9 Å². The minimum absolute atomic E-state index is 0.155. The van der Waals surface area contributed by atoms with E-state index in [9.17, 15) is 4.79 Å². The molecule has 1 aromatic heterocycles. The Labute approximate surface area is 121 Å². The van der Waals surface area contributed by atoms with Gasteiger partial charge < -0.3 is 26.2 Å². The Balaban J connectivity index is 2.07. The highest BCUT2D eigenvalue weighted by Crippen LogP contribution is 2.30. The monoisotopic (exact) mass is 300 g/mol. The minimum Gasteiger partial charge on any atom is -0.395 e.